The molecule has 1 aromatic carbocycles. The Morgan fingerprint density at radius 3 is 2.74 bits per heavy atom. The van der Waals surface area contributed by atoms with E-state index < -0.39 is 17.6 Å². The predicted octanol–water partition coefficient (Wildman–Crippen LogP) is 3.50. The van der Waals surface area contributed by atoms with Gasteiger partial charge in [-0.25, -0.2) is 0 Å². The number of aromatic nitrogens is 2. The molecule has 0 radical (unpaired) electrons. The van der Waals surface area contributed by atoms with E-state index in [0.29, 0.717) is 17.8 Å². The first-order valence-electron chi connectivity index (χ1n) is 7.01. The van der Waals surface area contributed by atoms with Gasteiger partial charge in [0, 0.05) is 18.7 Å². The van der Waals surface area contributed by atoms with Crippen LogP contribution in [-0.4, -0.2) is 22.2 Å². The van der Waals surface area contributed by atoms with E-state index in [0.717, 1.165) is 12.1 Å². The maximum Gasteiger partial charge on any atom is 0.416 e. The molecule has 7 heteroatoms. The highest BCUT2D eigenvalue weighted by molar-refractivity contribution is 5.93. The Morgan fingerprint density at radius 1 is 1.39 bits per heavy atom. The summed E-state index contributed by atoms with van der Waals surface area (Å²) in [5, 5.41) is 6.73. The molecule has 23 heavy (non-hydrogen) atoms. The van der Waals surface area contributed by atoms with Crippen molar-refractivity contribution in [2.45, 2.75) is 19.6 Å². The van der Waals surface area contributed by atoms with Gasteiger partial charge in [-0.3, -0.25) is 9.48 Å². The number of alkyl halides is 3. The largest absolute Gasteiger partial charge is 0.416 e. The molecule has 0 aliphatic rings. The highest BCUT2D eigenvalue weighted by atomic mass is 19.4. The van der Waals surface area contributed by atoms with Crippen LogP contribution in [0.25, 0.3) is 11.3 Å². The van der Waals surface area contributed by atoms with Crippen LogP contribution < -0.4 is 5.32 Å². The van der Waals surface area contributed by atoms with Crippen molar-refractivity contribution in [2.75, 3.05) is 6.54 Å². The molecule has 0 fully saturated rings. The molecule has 2 rings (SSSR count). The average Bonchev–Trinajstić information content (AvgIpc) is 2.96. The Morgan fingerprint density at radius 2 is 2.13 bits per heavy atom. The van der Waals surface area contributed by atoms with Crippen LogP contribution in [-0.2, 0) is 12.7 Å². The van der Waals surface area contributed by atoms with E-state index in [1.165, 1.54) is 22.9 Å². The lowest BCUT2D eigenvalue weighted by Gasteiger charge is -2.09. The molecular weight excluding hydrogens is 307 g/mol. The third-order valence-corrected chi connectivity index (χ3v) is 3.20. The summed E-state index contributed by atoms with van der Waals surface area (Å²) in [5.74, 6) is -0.398. The van der Waals surface area contributed by atoms with Crippen molar-refractivity contribution in [1.29, 1.82) is 0 Å². The smallest absolute Gasteiger partial charge is 0.347 e. The van der Waals surface area contributed by atoms with E-state index in [-0.39, 0.29) is 12.2 Å². The monoisotopic (exact) mass is 323 g/mol. The maximum absolute atomic E-state index is 12.8. The number of hydrogen-bond acceptors (Lipinski definition) is 2. The minimum Gasteiger partial charge on any atom is -0.347 e. The summed E-state index contributed by atoms with van der Waals surface area (Å²) < 4.78 is 40.0. The van der Waals surface area contributed by atoms with Crippen molar-refractivity contribution in [2.24, 2.45) is 0 Å². The molecule has 1 heterocycles. The Balaban J connectivity index is 2.41. The molecule has 0 spiro atoms. The second-order valence-corrected chi connectivity index (χ2v) is 4.81. The van der Waals surface area contributed by atoms with Crippen LogP contribution in [0.1, 0.15) is 23.0 Å². The molecule has 2 aromatic rings. The average molecular weight is 323 g/mol. The first kappa shape index (κ1) is 16.8. The lowest BCUT2D eigenvalue weighted by atomic mass is 10.1. The fourth-order valence-corrected chi connectivity index (χ4v) is 2.11. The molecule has 1 N–H and O–H groups in total. The zero-order valence-corrected chi connectivity index (χ0v) is 12.5. The van der Waals surface area contributed by atoms with Crippen LogP contribution in [0.5, 0.6) is 0 Å². The molecule has 0 bridgehead atoms. The molecule has 1 amide bonds. The SMILES string of the molecule is C=CCNC(=O)c1cc(-c2cccc(C(F)(F)F)c2)n(CC)n1. The second kappa shape index (κ2) is 6.68. The molecular formula is C16H16F3N3O. The van der Waals surface area contributed by atoms with Gasteiger partial charge in [0.15, 0.2) is 5.69 Å². The molecule has 122 valence electrons. The van der Waals surface area contributed by atoms with Crippen LogP contribution in [0, 0.1) is 0 Å². The molecule has 0 saturated heterocycles. The summed E-state index contributed by atoms with van der Waals surface area (Å²) in [6.07, 6.45) is -2.89. The topological polar surface area (TPSA) is 46.9 Å². The summed E-state index contributed by atoms with van der Waals surface area (Å²) in [6, 6.07) is 6.44. The number of amides is 1. The van der Waals surface area contributed by atoms with Gasteiger partial charge in [-0.2, -0.15) is 18.3 Å². The fraction of sp³-hybridized carbons (Fsp3) is 0.250. The van der Waals surface area contributed by atoms with Crippen LogP contribution in [0.3, 0.4) is 0 Å². The number of halogens is 3. The number of benzene rings is 1. The van der Waals surface area contributed by atoms with Crippen LogP contribution in [0.2, 0.25) is 0 Å². The summed E-state index contributed by atoms with van der Waals surface area (Å²) in [6.45, 7) is 6.02. The van der Waals surface area contributed by atoms with Crippen molar-refractivity contribution >= 4 is 5.91 Å². The number of aryl methyl sites for hydroxylation is 1. The Bertz CT molecular complexity index is 720. The molecule has 0 saturated carbocycles. The van der Waals surface area contributed by atoms with Crippen molar-refractivity contribution < 1.29 is 18.0 Å². The summed E-state index contributed by atoms with van der Waals surface area (Å²) >= 11 is 0. The second-order valence-electron chi connectivity index (χ2n) is 4.81. The van der Waals surface area contributed by atoms with Gasteiger partial charge in [-0.1, -0.05) is 18.2 Å². The molecule has 0 aliphatic carbocycles. The quantitative estimate of drug-likeness (QED) is 0.856. The standard InChI is InChI=1S/C16H16F3N3O/c1-3-8-20-15(23)13-10-14(22(4-2)21-13)11-6-5-7-12(9-11)16(17,18)19/h3,5-7,9-10H,1,4,8H2,2H3,(H,20,23). The zero-order chi connectivity index (χ0) is 17.0. The van der Waals surface area contributed by atoms with Gasteiger partial charge < -0.3 is 5.32 Å². The number of carbonyl (C=O) groups is 1. The molecule has 0 atom stereocenters. The van der Waals surface area contributed by atoms with E-state index in [1.54, 1.807) is 13.0 Å². The lowest BCUT2D eigenvalue weighted by Crippen LogP contribution is -2.23. The normalized spacial score (nSPS) is 11.3. The van der Waals surface area contributed by atoms with Gasteiger partial charge in [0.1, 0.15) is 0 Å². The lowest BCUT2D eigenvalue weighted by molar-refractivity contribution is -0.137. The van der Waals surface area contributed by atoms with Crippen LogP contribution in [0.4, 0.5) is 13.2 Å². The maximum atomic E-state index is 12.8. The third kappa shape index (κ3) is 3.80. The number of rotatable bonds is 5. The highest BCUT2D eigenvalue weighted by Gasteiger charge is 2.30. The summed E-state index contributed by atoms with van der Waals surface area (Å²) in [4.78, 5) is 11.9. The minimum absolute atomic E-state index is 0.154. The molecule has 4 nitrogen and oxygen atoms in total. The summed E-state index contributed by atoms with van der Waals surface area (Å²) in [7, 11) is 0. The van der Waals surface area contributed by atoms with Crippen molar-refractivity contribution in [1.82, 2.24) is 15.1 Å². The minimum atomic E-state index is -4.42. The zero-order valence-electron chi connectivity index (χ0n) is 12.5. The number of nitrogens with one attached hydrogen (secondary N) is 1. The molecule has 1 aromatic heterocycles. The highest BCUT2D eigenvalue weighted by Crippen LogP contribution is 2.32. The van der Waals surface area contributed by atoms with E-state index in [4.69, 9.17) is 0 Å². The number of hydrogen-bond donors (Lipinski definition) is 1. The Labute approximate surface area is 131 Å². The van der Waals surface area contributed by atoms with Gasteiger partial charge in [0.2, 0.25) is 0 Å². The van der Waals surface area contributed by atoms with E-state index >= 15 is 0 Å². The van der Waals surface area contributed by atoms with Crippen molar-refractivity contribution in [3.8, 4) is 11.3 Å². The first-order chi connectivity index (χ1) is 10.9. The molecule has 0 aliphatic heterocycles. The third-order valence-electron chi connectivity index (χ3n) is 3.20. The molecule has 0 unspecified atom stereocenters. The van der Waals surface area contributed by atoms with Gasteiger partial charge in [-0.15, -0.1) is 6.58 Å². The van der Waals surface area contributed by atoms with Crippen LogP contribution >= 0.6 is 0 Å². The van der Waals surface area contributed by atoms with Crippen molar-refractivity contribution in [3.05, 3.63) is 54.2 Å². The van der Waals surface area contributed by atoms with E-state index in [2.05, 4.69) is 17.0 Å². The summed E-state index contributed by atoms with van der Waals surface area (Å²) in [5.41, 5.74) is 0.233. The number of carbonyl (C=O) groups excluding carboxylic acids is 1. The number of nitrogens with zero attached hydrogens (tertiary/aromatic N) is 2. The van der Waals surface area contributed by atoms with Gasteiger partial charge in [0.25, 0.3) is 5.91 Å². The van der Waals surface area contributed by atoms with Crippen LogP contribution in [0.15, 0.2) is 43.0 Å². The Kier molecular flexibility index (Phi) is 4.88. The van der Waals surface area contributed by atoms with E-state index in [9.17, 15) is 18.0 Å². The van der Waals surface area contributed by atoms with Gasteiger partial charge in [0.05, 0.1) is 11.3 Å². The predicted molar refractivity (Wildman–Crippen MR) is 80.9 cm³/mol. The van der Waals surface area contributed by atoms with Gasteiger partial charge >= 0.3 is 6.18 Å². The van der Waals surface area contributed by atoms with E-state index in [1.807, 2.05) is 0 Å². The Hall–Kier alpha value is -2.57. The van der Waals surface area contributed by atoms with Gasteiger partial charge in [-0.05, 0) is 25.1 Å². The van der Waals surface area contributed by atoms with Crippen molar-refractivity contribution in [3.63, 3.8) is 0 Å². The fourth-order valence-electron chi connectivity index (χ4n) is 2.11. The first-order valence-corrected chi connectivity index (χ1v) is 7.01.